The smallest absolute Gasteiger partial charge is 0.0685 e. The van der Waals surface area contributed by atoms with E-state index in [0.717, 1.165) is 12.5 Å². The zero-order chi connectivity index (χ0) is 14.1. The van der Waals surface area contributed by atoms with Crippen LogP contribution in [0.4, 0.5) is 0 Å². The van der Waals surface area contributed by atoms with E-state index in [1.165, 1.54) is 70.6 Å². The predicted molar refractivity (Wildman–Crippen MR) is 83.9 cm³/mol. The van der Waals surface area contributed by atoms with E-state index >= 15 is 0 Å². The highest BCUT2D eigenvalue weighted by atomic mass is 16.5. The first-order chi connectivity index (χ1) is 9.68. The van der Waals surface area contributed by atoms with Crippen molar-refractivity contribution in [3.8, 4) is 0 Å². The number of ether oxygens (including phenoxy) is 1. The summed E-state index contributed by atoms with van der Waals surface area (Å²) in [6, 6.07) is 0.702. The average Bonchev–Trinajstić information content (AvgIpc) is 2.88. The molecular formula is C18H33NO. The van der Waals surface area contributed by atoms with Crippen LogP contribution in [0.2, 0.25) is 0 Å². The van der Waals surface area contributed by atoms with Crippen LogP contribution in [0.25, 0.3) is 0 Å². The SMILES string of the molecule is CNC(C1CCOC2(CCCCC2)C1)C1(C)CCCC1. The molecule has 1 aliphatic heterocycles. The fourth-order valence-electron chi connectivity index (χ4n) is 5.54. The van der Waals surface area contributed by atoms with Gasteiger partial charge in [0.05, 0.1) is 5.60 Å². The molecule has 0 aromatic heterocycles. The van der Waals surface area contributed by atoms with E-state index in [9.17, 15) is 0 Å². The van der Waals surface area contributed by atoms with Gasteiger partial charge in [-0.05, 0) is 56.9 Å². The molecule has 1 N–H and O–H groups in total. The van der Waals surface area contributed by atoms with Crippen molar-refractivity contribution in [2.24, 2.45) is 11.3 Å². The maximum absolute atomic E-state index is 6.30. The monoisotopic (exact) mass is 279 g/mol. The van der Waals surface area contributed by atoms with E-state index in [1.54, 1.807) is 0 Å². The number of nitrogens with one attached hydrogen (secondary N) is 1. The zero-order valence-electron chi connectivity index (χ0n) is 13.5. The van der Waals surface area contributed by atoms with Gasteiger partial charge in [-0.3, -0.25) is 0 Å². The summed E-state index contributed by atoms with van der Waals surface area (Å²) in [6.45, 7) is 3.53. The molecule has 2 aliphatic carbocycles. The van der Waals surface area contributed by atoms with Crippen LogP contribution in [0.3, 0.4) is 0 Å². The van der Waals surface area contributed by atoms with Gasteiger partial charge in [0, 0.05) is 12.6 Å². The van der Waals surface area contributed by atoms with E-state index < -0.39 is 0 Å². The molecule has 3 fully saturated rings. The minimum absolute atomic E-state index is 0.255. The molecule has 2 nitrogen and oxygen atoms in total. The first-order valence-corrected chi connectivity index (χ1v) is 8.99. The summed E-state index contributed by atoms with van der Waals surface area (Å²) in [7, 11) is 2.19. The molecule has 0 bridgehead atoms. The second kappa shape index (κ2) is 5.96. The van der Waals surface area contributed by atoms with Gasteiger partial charge in [-0.2, -0.15) is 0 Å². The minimum Gasteiger partial charge on any atom is -0.375 e. The lowest BCUT2D eigenvalue weighted by molar-refractivity contribution is -0.127. The third-order valence-electron chi connectivity index (χ3n) is 6.57. The first-order valence-electron chi connectivity index (χ1n) is 8.99. The lowest BCUT2D eigenvalue weighted by atomic mass is 9.67. The van der Waals surface area contributed by atoms with E-state index in [2.05, 4.69) is 19.3 Å². The maximum atomic E-state index is 6.30. The normalized spacial score (nSPS) is 34.2. The highest BCUT2D eigenvalue weighted by Gasteiger charge is 2.46. The quantitative estimate of drug-likeness (QED) is 0.832. The molecule has 0 aromatic carbocycles. The van der Waals surface area contributed by atoms with Crippen LogP contribution in [-0.2, 0) is 4.74 Å². The second-order valence-electron chi connectivity index (χ2n) is 7.97. The number of rotatable bonds is 3. The van der Waals surface area contributed by atoms with Crippen LogP contribution < -0.4 is 5.32 Å². The topological polar surface area (TPSA) is 21.3 Å². The Balaban J connectivity index is 1.71. The molecule has 1 heterocycles. The Bertz CT molecular complexity index is 310. The Hall–Kier alpha value is -0.0800. The summed E-state index contributed by atoms with van der Waals surface area (Å²) in [6.07, 6.45) is 15.1. The largest absolute Gasteiger partial charge is 0.375 e. The molecule has 20 heavy (non-hydrogen) atoms. The zero-order valence-corrected chi connectivity index (χ0v) is 13.5. The van der Waals surface area contributed by atoms with Crippen LogP contribution in [0.15, 0.2) is 0 Å². The molecule has 2 saturated carbocycles. The Kier molecular flexibility index (Phi) is 4.42. The molecule has 1 saturated heterocycles. The van der Waals surface area contributed by atoms with E-state index in [-0.39, 0.29) is 5.60 Å². The molecule has 2 atom stereocenters. The fraction of sp³-hybridized carbons (Fsp3) is 1.00. The number of hydrogen-bond acceptors (Lipinski definition) is 2. The third kappa shape index (κ3) is 2.78. The summed E-state index contributed by atoms with van der Waals surface area (Å²) in [5.74, 6) is 0.829. The Labute approximate surface area is 125 Å². The second-order valence-corrected chi connectivity index (χ2v) is 7.97. The summed E-state index contributed by atoms with van der Waals surface area (Å²) >= 11 is 0. The molecule has 0 radical (unpaired) electrons. The molecule has 3 rings (SSSR count). The summed E-state index contributed by atoms with van der Waals surface area (Å²) < 4.78 is 6.30. The standard InChI is InChI=1S/C18H33NO/c1-17(9-6-7-10-17)16(19-2)15-8-13-20-18(14-15)11-4-3-5-12-18/h15-16,19H,3-14H2,1-2H3. The van der Waals surface area contributed by atoms with Crippen molar-refractivity contribution in [1.82, 2.24) is 5.32 Å². The highest BCUT2D eigenvalue weighted by Crippen LogP contribution is 2.48. The third-order valence-corrected chi connectivity index (χ3v) is 6.57. The van der Waals surface area contributed by atoms with Gasteiger partial charge in [0.15, 0.2) is 0 Å². The molecule has 2 heteroatoms. The van der Waals surface area contributed by atoms with E-state index in [0.29, 0.717) is 11.5 Å². The van der Waals surface area contributed by atoms with Gasteiger partial charge in [-0.25, -0.2) is 0 Å². The van der Waals surface area contributed by atoms with Gasteiger partial charge < -0.3 is 10.1 Å². The lowest BCUT2D eigenvalue weighted by Gasteiger charge is -2.48. The molecule has 0 aromatic rings. The van der Waals surface area contributed by atoms with Crippen molar-refractivity contribution in [1.29, 1.82) is 0 Å². The Morgan fingerprint density at radius 3 is 2.30 bits per heavy atom. The molecule has 3 aliphatic rings. The Morgan fingerprint density at radius 2 is 1.65 bits per heavy atom. The average molecular weight is 279 g/mol. The minimum atomic E-state index is 0.255. The highest BCUT2D eigenvalue weighted by molar-refractivity contribution is 4.99. The van der Waals surface area contributed by atoms with Crippen LogP contribution in [0.1, 0.15) is 77.6 Å². The lowest BCUT2D eigenvalue weighted by Crippen LogP contribution is -2.52. The molecule has 116 valence electrons. The van der Waals surface area contributed by atoms with E-state index in [4.69, 9.17) is 4.74 Å². The van der Waals surface area contributed by atoms with Gasteiger partial charge in [-0.1, -0.05) is 39.0 Å². The summed E-state index contributed by atoms with van der Waals surface area (Å²) in [5, 5.41) is 3.72. The van der Waals surface area contributed by atoms with Crippen molar-refractivity contribution >= 4 is 0 Å². The van der Waals surface area contributed by atoms with Gasteiger partial charge in [0.1, 0.15) is 0 Å². The van der Waals surface area contributed by atoms with Crippen molar-refractivity contribution in [2.75, 3.05) is 13.7 Å². The maximum Gasteiger partial charge on any atom is 0.0685 e. The molecule has 1 spiro atoms. The fourth-order valence-corrected chi connectivity index (χ4v) is 5.54. The summed E-state index contributed by atoms with van der Waals surface area (Å²) in [5.41, 5.74) is 0.790. The van der Waals surface area contributed by atoms with Crippen molar-refractivity contribution in [3.63, 3.8) is 0 Å². The van der Waals surface area contributed by atoms with E-state index in [1.807, 2.05) is 0 Å². The molecule has 0 amide bonds. The van der Waals surface area contributed by atoms with Crippen LogP contribution in [0, 0.1) is 11.3 Å². The van der Waals surface area contributed by atoms with Crippen LogP contribution in [-0.4, -0.2) is 25.3 Å². The van der Waals surface area contributed by atoms with Crippen molar-refractivity contribution < 1.29 is 4.74 Å². The van der Waals surface area contributed by atoms with Crippen LogP contribution >= 0.6 is 0 Å². The van der Waals surface area contributed by atoms with Gasteiger partial charge in [0.25, 0.3) is 0 Å². The summed E-state index contributed by atoms with van der Waals surface area (Å²) in [4.78, 5) is 0. The molecule has 2 unspecified atom stereocenters. The first kappa shape index (κ1) is 14.8. The van der Waals surface area contributed by atoms with Crippen LogP contribution in [0.5, 0.6) is 0 Å². The van der Waals surface area contributed by atoms with Gasteiger partial charge in [0.2, 0.25) is 0 Å². The van der Waals surface area contributed by atoms with Gasteiger partial charge >= 0.3 is 0 Å². The van der Waals surface area contributed by atoms with Crippen molar-refractivity contribution in [3.05, 3.63) is 0 Å². The Morgan fingerprint density at radius 1 is 1.00 bits per heavy atom. The van der Waals surface area contributed by atoms with Gasteiger partial charge in [-0.15, -0.1) is 0 Å². The number of hydrogen-bond donors (Lipinski definition) is 1. The van der Waals surface area contributed by atoms with Crippen molar-refractivity contribution in [2.45, 2.75) is 89.2 Å². The predicted octanol–water partition coefficient (Wildman–Crippen LogP) is 4.28. The molecular weight excluding hydrogens is 246 g/mol.